The molecular weight excluding hydrogens is 1070 g/mol. The fourth-order valence-corrected chi connectivity index (χ4v) is 16.5. The summed E-state index contributed by atoms with van der Waals surface area (Å²) in [5.74, 6) is -2.06. The van der Waals surface area contributed by atoms with Crippen molar-refractivity contribution in [1.82, 2.24) is 0 Å². The molecule has 4 aliphatic carbocycles. The lowest BCUT2D eigenvalue weighted by Crippen LogP contribution is -2.65. The highest BCUT2D eigenvalue weighted by Crippen LogP contribution is 2.76. The summed E-state index contributed by atoms with van der Waals surface area (Å²) in [6, 6.07) is 0. The molecule has 5 saturated heterocycles. The number of esters is 3. The first-order valence-electron chi connectivity index (χ1n) is 28.7. The third kappa shape index (κ3) is 10.7. The van der Waals surface area contributed by atoms with Crippen molar-refractivity contribution in [2.75, 3.05) is 26.9 Å². The highest BCUT2D eigenvalue weighted by atomic mass is 16.8. The first-order chi connectivity index (χ1) is 38.0. The Morgan fingerprint density at radius 1 is 0.741 bits per heavy atom. The first kappa shape index (κ1) is 62.7. The third-order valence-electron chi connectivity index (χ3n) is 20.5. The molecule has 24 heteroatoms. The Hall–Kier alpha value is -2.83. The van der Waals surface area contributed by atoms with Crippen LogP contribution in [0.1, 0.15) is 114 Å². The Morgan fingerprint density at radius 2 is 1.38 bits per heavy atom. The van der Waals surface area contributed by atoms with E-state index in [0.717, 1.165) is 12.0 Å². The van der Waals surface area contributed by atoms with Crippen LogP contribution in [0.3, 0.4) is 0 Å². The smallest absolute Gasteiger partial charge is 0.314 e. The molecule has 0 radical (unpaired) electrons. The monoisotopic (exact) mass is 1160 g/mol. The van der Waals surface area contributed by atoms with Gasteiger partial charge in [-0.1, -0.05) is 44.9 Å². The summed E-state index contributed by atoms with van der Waals surface area (Å²) < 4.78 is 72.0. The number of carbonyl (C=O) groups is 3. The van der Waals surface area contributed by atoms with Crippen LogP contribution in [-0.4, -0.2) is 225 Å². The average Bonchev–Trinajstić information content (AvgIpc) is 2.21. The molecule has 9 N–H and O–H groups in total. The number of rotatable bonds is 16. The number of cyclic esters (lactones) is 1. The molecule has 24 nitrogen and oxygen atoms in total. The summed E-state index contributed by atoms with van der Waals surface area (Å²) in [5, 5.41) is 98.9. The average molecular weight is 1160 g/mol. The van der Waals surface area contributed by atoms with Gasteiger partial charge in [0.05, 0.1) is 43.4 Å². The fraction of sp³-hybridized carbons (Fsp3) is 0.877. The molecule has 460 valence electrons. The number of carbonyl (C=O) groups excluding carboxylic acids is 3. The second-order valence-corrected chi connectivity index (χ2v) is 25.8. The van der Waals surface area contributed by atoms with Crippen LogP contribution in [-0.2, 0) is 71.2 Å². The number of hydrogen-bond donors (Lipinski definition) is 9. The van der Waals surface area contributed by atoms with Gasteiger partial charge < -0.3 is 103 Å². The first-order valence-corrected chi connectivity index (χ1v) is 28.7. The van der Waals surface area contributed by atoms with Gasteiger partial charge in [0.25, 0.3) is 0 Å². The summed E-state index contributed by atoms with van der Waals surface area (Å²) in [6.07, 6.45) is -22.7. The number of hydrogen-bond acceptors (Lipinski definition) is 24. The molecule has 3 saturated carbocycles. The van der Waals surface area contributed by atoms with Crippen LogP contribution < -0.4 is 0 Å². The Morgan fingerprint density at radius 3 is 2.04 bits per heavy atom. The minimum Gasteiger partial charge on any atom is -0.462 e. The van der Waals surface area contributed by atoms with Crippen LogP contribution in [0.25, 0.3) is 0 Å². The predicted octanol–water partition coefficient (Wildman–Crippen LogP) is 0.334. The highest BCUT2D eigenvalue weighted by molar-refractivity contribution is 5.84. The summed E-state index contributed by atoms with van der Waals surface area (Å²) in [6.45, 7) is 19.2. The van der Waals surface area contributed by atoms with Crippen molar-refractivity contribution in [3.05, 3.63) is 23.8 Å². The number of ether oxygens (including phenoxy) is 12. The van der Waals surface area contributed by atoms with Crippen LogP contribution in [0.2, 0.25) is 0 Å². The van der Waals surface area contributed by atoms with Crippen molar-refractivity contribution in [2.24, 2.45) is 39.4 Å². The molecule has 1 unspecified atom stereocenters. The van der Waals surface area contributed by atoms with E-state index in [1.54, 1.807) is 0 Å². The summed E-state index contributed by atoms with van der Waals surface area (Å²) in [7, 11) is 1.22. The normalized spacial score (nSPS) is 49.7. The van der Waals surface area contributed by atoms with E-state index in [-0.39, 0.29) is 29.8 Å². The predicted molar refractivity (Wildman–Crippen MR) is 276 cm³/mol. The molecule has 9 aliphatic rings. The van der Waals surface area contributed by atoms with Gasteiger partial charge in [-0.25, -0.2) is 0 Å². The van der Waals surface area contributed by atoms with Gasteiger partial charge in [0.15, 0.2) is 30.8 Å². The second-order valence-electron chi connectivity index (χ2n) is 25.8. The molecule has 0 aromatic rings. The summed E-state index contributed by atoms with van der Waals surface area (Å²) in [4.78, 5) is 40.5. The Bertz CT molecular complexity index is 2340. The molecule has 81 heavy (non-hydrogen) atoms. The van der Waals surface area contributed by atoms with E-state index in [9.17, 15) is 60.3 Å². The van der Waals surface area contributed by atoms with E-state index in [2.05, 4.69) is 40.3 Å². The van der Waals surface area contributed by atoms with Crippen molar-refractivity contribution in [3.8, 4) is 0 Å². The second kappa shape index (κ2) is 23.5. The lowest BCUT2D eigenvalue weighted by molar-refractivity contribution is -0.382. The molecular formula is C57H88O24. The van der Waals surface area contributed by atoms with Crippen molar-refractivity contribution < 1.29 is 117 Å². The number of aliphatic hydroxyl groups is 9. The molecule has 0 aromatic carbocycles. The minimum absolute atomic E-state index is 0.0242. The van der Waals surface area contributed by atoms with E-state index >= 15 is 0 Å². The van der Waals surface area contributed by atoms with Crippen LogP contribution >= 0.6 is 0 Å². The molecule has 9 rings (SSSR count). The van der Waals surface area contributed by atoms with Crippen molar-refractivity contribution in [1.29, 1.82) is 0 Å². The van der Waals surface area contributed by atoms with Gasteiger partial charge in [0, 0.05) is 21.0 Å². The topological polar surface area (TPSA) is 344 Å². The number of methoxy groups -OCH3 is 1. The highest BCUT2D eigenvalue weighted by Gasteiger charge is 2.81. The number of aliphatic hydroxyl groups excluding tert-OH is 9. The van der Waals surface area contributed by atoms with Gasteiger partial charge in [-0.15, -0.1) is 6.58 Å². The Balaban J connectivity index is 0.887. The lowest BCUT2D eigenvalue weighted by Gasteiger charge is -2.63. The quantitative estimate of drug-likeness (QED) is 0.0435. The van der Waals surface area contributed by atoms with Crippen LogP contribution in [0.4, 0.5) is 0 Å². The zero-order valence-corrected chi connectivity index (χ0v) is 48.1. The maximum Gasteiger partial charge on any atom is 0.314 e. The van der Waals surface area contributed by atoms with Crippen molar-refractivity contribution >= 4 is 17.9 Å². The largest absolute Gasteiger partial charge is 0.462 e. The van der Waals surface area contributed by atoms with Gasteiger partial charge in [0.2, 0.25) is 0 Å². The number of fused-ring (bicyclic) bond motifs is 4. The molecule has 0 aromatic heterocycles. The molecule has 0 bridgehead atoms. The number of allylic oxidation sites excluding steroid dienone is 3. The molecule has 1 spiro atoms. The SMILES string of the molecule is C=C(C)CCC(OC(C)=O)[C@]1(C)OC(=O)[C@]23CC=C4[C@@H](CC[C@H]5C(C)(C)[C@@H](O[C@@H]6OC[C@@H](O)[C@H](O)[C@H]6O[C@@H]6O[C@H](C)[C@@H](O[C@@H]7OC[C@@H](O)[C@H](O[C@@H]8O[C@H](CO)[C@@H](O)[C@H](OC)[C@H]8O)[C@H]7O)[C@H](O)[C@H]6O)CC[C@]45C)[C@]2(C)C[C@H](OC(C)=O)[C@H]13. The molecule has 28 atom stereocenters. The maximum atomic E-state index is 14.9. The van der Waals surface area contributed by atoms with E-state index < -0.39 is 182 Å². The molecule has 5 aliphatic heterocycles. The minimum atomic E-state index is -1.86. The maximum absolute atomic E-state index is 14.9. The Kier molecular flexibility index (Phi) is 18.2. The van der Waals surface area contributed by atoms with Gasteiger partial charge in [-0.2, -0.15) is 0 Å². The van der Waals surface area contributed by atoms with Crippen molar-refractivity contribution in [3.63, 3.8) is 0 Å². The molecule has 8 fully saturated rings. The van der Waals surface area contributed by atoms with Gasteiger partial charge in [0.1, 0.15) is 91.6 Å². The van der Waals surface area contributed by atoms with Crippen LogP contribution in [0, 0.1) is 39.4 Å². The summed E-state index contributed by atoms with van der Waals surface area (Å²) in [5.41, 5.74) is -1.94. The van der Waals surface area contributed by atoms with Gasteiger partial charge in [-0.05, 0) is 100 Å². The molecule has 5 heterocycles. The van der Waals surface area contributed by atoms with E-state index in [1.807, 2.05) is 13.8 Å². The Labute approximate surface area is 472 Å². The lowest BCUT2D eigenvalue weighted by atomic mass is 9.41. The zero-order valence-electron chi connectivity index (χ0n) is 48.1. The van der Waals surface area contributed by atoms with Crippen molar-refractivity contribution in [2.45, 2.75) is 248 Å². The van der Waals surface area contributed by atoms with Crippen LogP contribution in [0.5, 0.6) is 0 Å². The van der Waals surface area contributed by atoms with Gasteiger partial charge in [-0.3, -0.25) is 14.4 Å². The van der Waals surface area contributed by atoms with E-state index in [0.29, 0.717) is 44.9 Å². The fourth-order valence-electron chi connectivity index (χ4n) is 16.5. The summed E-state index contributed by atoms with van der Waals surface area (Å²) >= 11 is 0. The van der Waals surface area contributed by atoms with E-state index in [4.69, 9.17) is 56.8 Å². The van der Waals surface area contributed by atoms with E-state index in [1.165, 1.54) is 33.5 Å². The van der Waals surface area contributed by atoms with Gasteiger partial charge >= 0.3 is 17.9 Å². The third-order valence-corrected chi connectivity index (χ3v) is 20.5. The zero-order chi connectivity index (χ0) is 59.2. The van der Waals surface area contributed by atoms with Crippen LogP contribution in [0.15, 0.2) is 23.8 Å². The standard InChI is InChI=1S/C57H88O24/c1-24(2)12-15-36(75-27(5)60)56(10)47-32(74-26(4)59)20-55(9)29-13-14-34-53(6,7)35(17-18-54(34,8)28(29)16-19-57(47,55)52(69)81-56)77-51-46(37(63)30(61)22-72-51)80-49-40(66)39(65)43(25(3)73-49)78-48-41(67)44(31(62)23-71-48)79-50-42(68)45(70-11)38(64)33(21-58)76-50/h16,25,29-51,58,61-68H,1,12-15,17-23H2,2-11H3/t25-,29-,30-,31-,32+,33-,34+,35+,36?,37+,38-,39-,40-,41-,42-,43-,44+,45+,46-,47-,48+,49+,50+,51+,54-,55+,56+,57-/m1/s1. The molecule has 0 amide bonds.